The molecule has 19 heavy (non-hydrogen) atoms. The first kappa shape index (κ1) is 13.7. The van der Waals surface area contributed by atoms with Crippen LogP contribution < -0.4 is 5.32 Å². The van der Waals surface area contributed by atoms with Crippen molar-refractivity contribution in [3.05, 3.63) is 63.6 Å². The predicted molar refractivity (Wildman–Crippen MR) is 73.2 cm³/mol. The molecule has 0 aliphatic rings. The van der Waals surface area contributed by atoms with E-state index in [9.17, 15) is 13.6 Å². The van der Waals surface area contributed by atoms with Gasteiger partial charge in [-0.1, -0.05) is 6.07 Å². The minimum absolute atomic E-state index is 0.0618. The quantitative estimate of drug-likeness (QED) is 0.876. The van der Waals surface area contributed by atoms with Gasteiger partial charge in [-0.2, -0.15) is 0 Å². The lowest BCUT2D eigenvalue weighted by atomic mass is 10.2. The molecule has 2 nitrogen and oxygen atoms in total. The van der Waals surface area contributed by atoms with Crippen LogP contribution in [0.3, 0.4) is 0 Å². The molecule has 0 heterocycles. The van der Waals surface area contributed by atoms with Crippen molar-refractivity contribution >= 4 is 27.5 Å². The summed E-state index contributed by atoms with van der Waals surface area (Å²) in [6, 6.07) is 8.21. The Bertz CT molecular complexity index is 643. The van der Waals surface area contributed by atoms with Gasteiger partial charge >= 0.3 is 0 Å². The monoisotopic (exact) mass is 325 g/mol. The number of nitrogens with one attached hydrogen (secondary N) is 1. The normalized spacial score (nSPS) is 10.3. The maximum Gasteiger partial charge on any atom is 0.256 e. The molecular formula is C14H10BrF2NO. The highest BCUT2D eigenvalue weighted by molar-refractivity contribution is 9.10. The van der Waals surface area contributed by atoms with E-state index in [1.165, 1.54) is 24.3 Å². The second-order valence-corrected chi connectivity index (χ2v) is 4.92. The van der Waals surface area contributed by atoms with Crippen LogP contribution in [0.25, 0.3) is 0 Å². The van der Waals surface area contributed by atoms with Gasteiger partial charge in [-0.15, -0.1) is 0 Å². The average Bonchev–Trinajstić information content (AvgIpc) is 2.35. The van der Waals surface area contributed by atoms with Gasteiger partial charge in [0.1, 0.15) is 11.6 Å². The minimum atomic E-state index is -0.575. The molecule has 1 amide bonds. The molecular weight excluding hydrogens is 316 g/mol. The van der Waals surface area contributed by atoms with E-state index in [2.05, 4.69) is 21.2 Å². The summed E-state index contributed by atoms with van der Waals surface area (Å²) >= 11 is 3.15. The molecule has 0 spiro atoms. The molecule has 2 aromatic carbocycles. The van der Waals surface area contributed by atoms with Gasteiger partial charge in [-0.05, 0) is 58.7 Å². The van der Waals surface area contributed by atoms with Gasteiger partial charge in [0.15, 0.2) is 0 Å². The van der Waals surface area contributed by atoms with Crippen molar-refractivity contribution in [2.45, 2.75) is 6.92 Å². The van der Waals surface area contributed by atoms with Gasteiger partial charge in [0.05, 0.1) is 11.3 Å². The van der Waals surface area contributed by atoms with E-state index in [4.69, 9.17) is 0 Å². The highest BCUT2D eigenvalue weighted by Gasteiger charge is 2.13. The van der Waals surface area contributed by atoms with Crippen LogP contribution in [0.4, 0.5) is 14.5 Å². The Balaban J connectivity index is 2.28. The summed E-state index contributed by atoms with van der Waals surface area (Å²) in [6.07, 6.45) is 0. The lowest BCUT2D eigenvalue weighted by Crippen LogP contribution is -2.14. The van der Waals surface area contributed by atoms with E-state index >= 15 is 0 Å². The second kappa shape index (κ2) is 5.48. The molecule has 0 unspecified atom stereocenters. The second-order valence-electron chi connectivity index (χ2n) is 4.06. The highest BCUT2D eigenvalue weighted by Crippen LogP contribution is 2.21. The maximum absolute atomic E-state index is 13.6. The Labute approximate surface area is 117 Å². The van der Waals surface area contributed by atoms with E-state index in [0.717, 1.165) is 11.6 Å². The molecule has 1 N–H and O–H groups in total. The Hall–Kier alpha value is -1.75. The fourth-order valence-electron chi connectivity index (χ4n) is 1.58. The number of hydrogen-bond acceptors (Lipinski definition) is 1. The van der Waals surface area contributed by atoms with Crippen molar-refractivity contribution in [2.75, 3.05) is 5.32 Å². The average molecular weight is 326 g/mol. The summed E-state index contributed by atoms with van der Waals surface area (Å²) in [5.41, 5.74) is 0.925. The molecule has 0 aliphatic carbocycles. The van der Waals surface area contributed by atoms with Gasteiger partial charge in [-0.3, -0.25) is 4.79 Å². The molecule has 0 aromatic heterocycles. The summed E-state index contributed by atoms with van der Waals surface area (Å²) in [6.45, 7) is 1.75. The third-order valence-electron chi connectivity index (χ3n) is 2.55. The third-order valence-corrected chi connectivity index (χ3v) is 3.24. The number of amides is 1. The van der Waals surface area contributed by atoms with E-state index in [1.54, 1.807) is 13.0 Å². The minimum Gasteiger partial charge on any atom is -0.319 e. The number of anilines is 1. The third kappa shape index (κ3) is 3.17. The molecule has 0 radical (unpaired) electrons. The van der Waals surface area contributed by atoms with Crippen molar-refractivity contribution in [1.29, 1.82) is 0 Å². The number of halogens is 3. The summed E-state index contributed by atoms with van der Waals surface area (Å²) in [4.78, 5) is 11.9. The first-order valence-electron chi connectivity index (χ1n) is 5.50. The first-order chi connectivity index (χ1) is 8.97. The van der Waals surface area contributed by atoms with Gasteiger partial charge in [0, 0.05) is 4.47 Å². The molecule has 98 valence electrons. The van der Waals surface area contributed by atoms with E-state index in [0.29, 0.717) is 4.47 Å². The number of aryl methyl sites for hydroxylation is 1. The number of benzene rings is 2. The van der Waals surface area contributed by atoms with E-state index in [-0.39, 0.29) is 11.3 Å². The van der Waals surface area contributed by atoms with Crippen molar-refractivity contribution < 1.29 is 13.6 Å². The fraction of sp³-hybridized carbons (Fsp3) is 0.0714. The summed E-state index contributed by atoms with van der Waals surface area (Å²) in [5.74, 6) is -1.63. The summed E-state index contributed by atoms with van der Waals surface area (Å²) < 4.78 is 27.2. The molecule has 2 aromatic rings. The highest BCUT2D eigenvalue weighted by atomic mass is 79.9. The van der Waals surface area contributed by atoms with Crippen LogP contribution in [-0.4, -0.2) is 5.91 Å². The molecule has 5 heteroatoms. The smallest absolute Gasteiger partial charge is 0.256 e. The largest absolute Gasteiger partial charge is 0.319 e. The van der Waals surface area contributed by atoms with Gasteiger partial charge < -0.3 is 5.32 Å². The van der Waals surface area contributed by atoms with Crippen LogP contribution in [-0.2, 0) is 0 Å². The molecule has 0 fully saturated rings. The lowest BCUT2D eigenvalue weighted by Gasteiger charge is -2.08. The number of rotatable bonds is 2. The zero-order valence-corrected chi connectivity index (χ0v) is 11.6. The van der Waals surface area contributed by atoms with Crippen LogP contribution in [0.1, 0.15) is 15.9 Å². The summed E-state index contributed by atoms with van der Waals surface area (Å²) in [7, 11) is 0. The SMILES string of the molecule is Cc1ccc(NC(=O)c2cc(F)ccc2Br)c(F)c1. The van der Waals surface area contributed by atoms with Crippen molar-refractivity contribution in [3.63, 3.8) is 0 Å². The Kier molecular flexibility index (Phi) is 3.95. The first-order valence-corrected chi connectivity index (χ1v) is 6.29. The fourth-order valence-corrected chi connectivity index (χ4v) is 2.01. The van der Waals surface area contributed by atoms with Crippen LogP contribution in [0.15, 0.2) is 40.9 Å². The maximum atomic E-state index is 13.6. The van der Waals surface area contributed by atoms with Gasteiger partial charge in [0.25, 0.3) is 5.91 Å². The predicted octanol–water partition coefficient (Wildman–Crippen LogP) is 4.29. The van der Waals surface area contributed by atoms with Crippen LogP contribution >= 0.6 is 15.9 Å². The molecule has 0 saturated heterocycles. The van der Waals surface area contributed by atoms with Gasteiger partial charge in [-0.25, -0.2) is 8.78 Å². The van der Waals surface area contributed by atoms with Crippen molar-refractivity contribution in [2.24, 2.45) is 0 Å². The van der Waals surface area contributed by atoms with Crippen LogP contribution in [0.5, 0.6) is 0 Å². The van der Waals surface area contributed by atoms with Gasteiger partial charge in [0.2, 0.25) is 0 Å². The van der Waals surface area contributed by atoms with Crippen molar-refractivity contribution in [3.8, 4) is 0 Å². The summed E-state index contributed by atoms with van der Waals surface area (Å²) in [5, 5.41) is 2.41. The van der Waals surface area contributed by atoms with Crippen LogP contribution in [0.2, 0.25) is 0 Å². The number of carbonyl (C=O) groups excluding carboxylic acids is 1. The molecule has 0 aliphatic heterocycles. The molecule has 0 bridgehead atoms. The zero-order chi connectivity index (χ0) is 14.0. The lowest BCUT2D eigenvalue weighted by molar-refractivity contribution is 0.102. The topological polar surface area (TPSA) is 29.1 Å². The Morgan fingerprint density at radius 2 is 1.89 bits per heavy atom. The molecule has 0 saturated carbocycles. The van der Waals surface area contributed by atoms with E-state index < -0.39 is 17.5 Å². The standard InChI is InChI=1S/C14H10BrF2NO/c1-8-2-5-13(12(17)6-8)18-14(19)10-7-9(16)3-4-11(10)15/h2-7H,1H3,(H,18,19). The number of carbonyl (C=O) groups is 1. The van der Waals surface area contributed by atoms with Crippen LogP contribution in [0, 0.1) is 18.6 Å². The molecule has 2 rings (SSSR count). The Morgan fingerprint density at radius 3 is 2.58 bits per heavy atom. The zero-order valence-electron chi connectivity index (χ0n) is 10.0. The van der Waals surface area contributed by atoms with E-state index in [1.807, 2.05) is 0 Å². The van der Waals surface area contributed by atoms with Crippen molar-refractivity contribution in [1.82, 2.24) is 0 Å². The number of hydrogen-bond donors (Lipinski definition) is 1. The molecule has 0 atom stereocenters. The Morgan fingerprint density at radius 1 is 1.16 bits per heavy atom.